The van der Waals surface area contributed by atoms with Crippen molar-refractivity contribution < 1.29 is 8.95 Å². The molecular formula is C31H45N7O2S. The van der Waals surface area contributed by atoms with E-state index in [0.717, 1.165) is 99.4 Å². The number of hydrogen-bond acceptors (Lipinski definition) is 8. The van der Waals surface area contributed by atoms with Crippen molar-refractivity contribution in [3.63, 3.8) is 0 Å². The number of aromatic nitrogens is 4. The fraction of sp³-hybridized carbons (Fsp3) is 0.645. The Kier molecular flexibility index (Phi) is 8.60. The number of ether oxygens (including phenoxy) is 1. The zero-order chi connectivity index (χ0) is 28.5. The summed E-state index contributed by atoms with van der Waals surface area (Å²) >= 11 is 0. The van der Waals surface area contributed by atoms with Gasteiger partial charge in [0.25, 0.3) is 0 Å². The number of rotatable bonds is 8. The molecule has 0 amide bonds. The Labute approximate surface area is 246 Å². The van der Waals surface area contributed by atoms with E-state index >= 15 is 0 Å². The monoisotopic (exact) mass is 579 g/mol. The number of allylic oxidation sites excluding steroid dienone is 2. The van der Waals surface area contributed by atoms with Crippen LogP contribution in [0.25, 0.3) is 0 Å². The average Bonchev–Trinajstić information content (AvgIpc) is 3.53. The van der Waals surface area contributed by atoms with Gasteiger partial charge in [-0.25, -0.2) is 4.98 Å². The number of likely N-dealkylation sites (N-methyl/N-ethyl adjacent to an activating group) is 1. The van der Waals surface area contributed by atoms with E-state index in [2.05, 4.69) is 65.5 Å². The third-order valence-corrected chi connectivity index (χ3v) is 10.9. The average molecular weight is 580 g/mol. The first-order valence-corrected chi connectivity index (χ1v) is 16.6. The minimum Gasteiger partial charge on any atom is -0.381 e. The van der Waals surface area contributed by atoms with E-state index in [0.29, 0.717) is 29.7 Å². The van der Waals surface area contributed by atoms with Gasteiger partial charge >= 0.3 is 0 Å². The molecule has 0 aromatic carbocycles. The van der Waals surface area contributed by atoms with Crippen LogP contribution in [0.4, 0.5) is 11.8 Å². The standard InChI is InChI=1S/C31H45N7O2S/c1-21-19-37(4)35-28(21)20-36(3)22(2)23-5-7-24(8-6-23)25-9-14-38(15-10-25)31-33-27-13-18-41(39)29(27)30(34-31)32-26-11-16-40-17-12-26/h5-7,19,22,24-26H,8-18,20H2,1-4H3,(H,32,33,34). The molecule has 6 rings (SSSR count). The molecule has 1 N–H and O–H groups in total. The van der Waals surface area contributed by atoms with E-state index in [1.54, 1.807) is 0 Å². The van der Waals surface area contributed by atoms with Gasteiger partial charge in [-0.3, -0.25) is 13.8 Å². The van der Waals surface area contributed by atoms with Crippen molar-refractivity contribution in [2.75, 3.05) is 49.3 Å². The summed E-state index contributed by atoms with van der Waals surface area (Å²) in [5, 5.41) is 8.25. The lowest BCUT2D eigenvalue weighted by molar-refractivity contribution is 0.0903. The maximum absolute atomic E-state index is 12.8. The Hall–Kier alpha value is -2.56. The zero-order valence-electron chi connectivity index (χ0n) is 25.0. The quantitative estimate of drug-likeness (QED) is 0.502. The van der Waals surface area contributed by atoms with E-state index in [9.17, 15) is 4.21 Å². The van der Waals surface area contributed by atoms with Gasteiger partial charge in [-0.15, -0.1) is 0 Å². The molecule has 10 heteroatoms. The highest BCUT2D eigenvalue weighted by atomic mass is 32.2. The molecule has 41 heavy (non-hydrogen) atoms. The number of anilines is 2. The summed E-state index contributed by atoms with van der Waals surface area (Å²) in [6.45, 7) is 8.75. The first-order valence-electron chi connectivity index (χ1n) is 15.3. The predicted octanol–water partition coefficient (Wildman–Crippen LogP) is 4.01. The van der Waals surface area contributed by atoms with Crippen LogP contribution >= 0.6 is 0 Å². The molecule has 2 aromatic heterocycles. The molecule has 0 bridgehead atoms. The Morgan fingerprint density at radius 3 is 2.66 bits per heavy atom. The van der Waals surface area contributed by atoms with E-state index in [-0.39, 0.29) is 0 Å². The smallest absolute Gasteiger partial charge is 0.227 e. The van der Waals surface area contributed by atoms with Crippen LogP contribution in [0.5, 0.6) is 0 Å². The molecule has 2 saturated heterocycles. The molecule has 0 saturated carbocycles. The maximum Gasteiger partial charge on any atom is 0.227 e. The number of fused-ring (bicyclic) bond motifs is 1. The highest BCUT2D eigenvalue weighted by molar-refractivity contribution is 7.85. The van der Waals surface area contributed by atoms with Gasteiger partial charge in [-0.2, -0.15) is 10.1 Å². The van der Waals surface area contributed by atoms with E-state index < -0.39 is 10.8 Å². The van der Waals surface area contributed by atoms with Crippen LogP contribution in [0.2, 0.25) is 0 Å². The number of aryl methyl sites for hydroxylation is 3. The summed E-state index contributed by atoms with van der Waals surface area (Å²) < 4.78 is 20.2. The molecule has 3 unspecified atom stereocenters. The Bertz CT molecular complexity index is 1320. The normalized spacial score (nSPS) is 24.5. The molecule has 3 aliphatic heterocycles. The van der Waals surface area contributed by atoms with Gasteiger partial charge < -0.3 is 15.0 Å². The van der Waals surface area contributed by atoms with Crippen molar-refractivity contribution in [1.29, 1.82) is 0 Å². The minimum atomic E-state index is -1.01. The largest absolute Gasteiger partial charge is 0.381 e. The molecule has 9 nitrogen and oxygen atoms in total. The fourth-order valence-electron chi connectivity index (χ4n) is 6.74. The van der Waals surface area contributed by atoms with Crippen LogP contribution in [0.3, 0.4) is 0 Å². The first-order chi connectivity index (χ1) is 19.9. The second-order valence-electron chi connectivity index (χ2n) is 12.3. The summed E-state index contributed by atoms with van der Waals surface area (Å²) in [4.78, 5) is 15.5. The molecule has 3 atom stereocenters. The Morgan fingerprint density at radius 2 is 1.98 bits per heavy atom. The molecule has 2 fully saturated rings. The fourth-order valence-corrected chi connectivity index (χ4v) is 8.05. The zero-order valence-corrected chi connectivity index (χ0v) is 25.8. The van der Waals surface area contributed by atoms with Gasteiger partial charge in [0.1, 0.15) is 10.7 Å². The van der Waals surface area contributed by atoms with Crippen LogP contribution < -0.4 is 10.2 Å². The van der Waals surface area contributed by atoms with Gasteiger partial charge in [0, 0.05) is 70.3 Å². The van der Waals surface area contributed by atoms with Gasteiger partial charge in [0.15, 0.2) is 0 Å². The van der Waals surface area contributed by atoms with E-state index in [1.165, 1.54) is 11.1 Å². The summed E-state index contributed by atoms with van der Waals surface area (Å²) in [5.74, 6) is 3.51. The van der Waals surface area contributed by atoms with Gasteiger partial charge in [0.05, 0.1) is 22.2 Å². The van der Waals surface area contributed by atoms with Crippen LogP contribution in [0.15, 0.2) is 34.9 Å². The van der Waals surface area contributed by atoms with Crippen LogP contribution in [-0.4, -0.2) is 80.0 Å². The number of piperidine rings is 1. The van der Waals surface area contributed by atoms with Gasteiger partial charge in [-0.1, -0.05) is 18.2 Å². The van der Waals surface area contributed by atoms with Crippen molar-refractivity contribution in [3.8, 4) is 0 Å². The van der Waals surface area contributed by atoms with E-state index in [1.807, 2.05) is 11.7 Å². The molecule has 0 spiro atoms. The number of hydrogen-bond donors (Lipinski definition) is 1. The van der Waals surface area contributed by atoms with Crippen LogP contribution in [-0.2, 0) is 35.5 Å². The summed E-state index contributed by atoms with van der Waals surface area (Å²) in [6.07, 6.45) is 15.4. The third-order valence-electron chi connectivity index (χ3n) is 9.48. The van der Waals surface area contributed by atoms with Crippen LogP contribution in [0.1, 0.15) is 56.0 Å². The lowest BCUT2D eigenvalue weighted by Gasteiger charge is -2.36. The summed E-state index contributed by atoms with van der Waals surface area (Å²) in [5.41, 5.74) is 4.77. The third kappa shape index (κ3) is 6.29. The molecule has 222 valence electrons. The molecular weight excluding hydrogens is 534 g/mol. The second-order valence-corrected chi connectivity index (χ2v) is 13.8. The van der Waals surface area contributed by atoms with Crippen molar-refractivity contribution in [1.82, 2.24) is 24.6 Å². The van der Waals surface area contributed by atoms with Gasteiger partial charge in [0.2, 0.25) is 5.95 Å². The highest BCUT2D eigenvalue weighted by Crippen LogP contribution is 2.36. The van der Waals surface area contributed by atoms with Crippen LogP contribution in [0, 0.1) is 18.8 Å². The van der Waals surface area contributed by atoms with Crippen molar-refractivity contribution >= 4 is 22.6 Å². The molecule has 0 radical (unpaired) electrons. The SMILES string of the molecule is Cc1cn(C)nc1CN(C)C(C)C1=CCC(C2CCN(c3nc4c(c(NC5CCOCC5)n3)S(=O)CC4)CC2)C=C1. The number of nitrogens with one attached hydrogen (secondary N) is 1. The Morgan fingerprint density at radius 1 is 1.20 bits per heavy atom. The molecule has 4 aliphatic rings. The number of nitrogens with zero attached hydrogens (tertiary/aromatic N) is 6. The van der Waals surface area contributed by atoms with E-state index in [4.69, 9.17) is 14.7 Å². The summed E-state index contributed by atoms with van der Waals surface area (Å²) in [7, 11) is 3.17. The molecule has 5 heterocycles. The highest BCUT2D eigenvalue weighted by Gasteiger charge is 2.31. The summed E-state index contributed by atoms with van der Waals surface area (Å²) in [6, 6.07) is 0.669. The lowest BCUT2D eigenvalue weighted by Crippen LogP contribution is -2.38. The molecule has 1 aliphatic carbocycles. The molecule has 2 aromatic rings. The topological polar surface area (TPSA) is 88.4 Å². The lowest BCUT2D eigenvalue weighted by atomic mass is 9.79. The Balaban J connectivity index is 1.05. The van der Waals surface area contributed by atoms with Crippen molar-refractivity contribution in [2.45, 2.75) is 75.9 Å². The van der Waals surface area contributed by atoms with Gasteiger partial charge in [-0.05, 0) is 76.0 Å². The maximum atomic E-state index is 12.8. The predicted molar refractivity (Wildman–Crippen MR) is 164 cm³/mol. The second kappa shape index (κ2) is 12.4. The first kappa shape index (κ1) is 28.6. The van der Waals surface area contributed by atoms with Crippen molar-refractivity contribution in [2.24, 2.45) is 18.9 Å². The van der Waals surface area contributed by atoms with Crippen molar-refractivity contribution in [3.05, 3.63) is 46.9 Å². The minimum absolute atomic E-state index is 0.316.